The second-order valence-corrected chi connectivity index (χ2v) is 11.1. The number of piperidine rings is 1. The quantitative estimate of drug-likeness (QED) is 0.468. The van der Waals surface area contributed by atoms with Gasteiger partial charge in [-0.3, -0.25) is 9.69 Å². The van der Waals surface area contributed by atoms with E-state index in [-0.39, 0.29) is 11.3 Å². The monoisotopic (exact) mass is 501 g/mol. The number of carbonyl (C=O) groups is 1. The summed E-state index contributed by atoms with van der Waals surface area (Å²) in [5.41, 5.74) is 0.701. The zero-order valence-electron chi connectivity index (χ0n) is 21.8. The van der Waals surface area contributed by atoms with Crippen molar-refractivity contribution in [3.05, 3.63) is 70.7 Å². The van der Waals surface area contributed by atoms with Crippen LogP contribution >= 0.6 is 0 Å². The van der Waals surface area contributed by atoms with Gasteiger partial charge in [0.2, 0.25) is 5.91 Å². The molecule has 1 fully saturated rings. The Labute approximate surface area is 217 Å². The Hall–Kier alpha value is -3.70. The predicted molar refractivity (Wildman–Crippen MR) is 144 cm³/mol. The summed E-state index contributed by atoms with van der Waals surface area (Å²) in [6, 6.07) is 19.1. The van der Waals surface area contributed by atoms with E-state index < -0.39 is 17.3 Å². The molecular weight excluding hydrogens is 466 g/mol. The Balaban J connectivity index is 1.50. The van der Waals surface area contributed by atoms with Crippen molar-refractivity contribution >= 4 is 22.7 Å². The number of para-hydroxylation sites is 1. The molecule has 194 valence electrons. The van der Waals surface area contributed by atoms with Gasteiger partial charge in [0.25, 0.3) is 0 Å². The maximum Gasteiger partial charge on any atom is 0.441 e. The molecule has 8 heteroatoms. The maximum atomic E-state index is 13.6. The minimum Gasteiger partial charge on any atom is -0.408 e. The van der Waals surface area contributed by atoms with Crippen LogP contribution in [0.4, 0.5) is 5.82 Å². The second-order valence-electron chi connectivity index (χ2n) is 11.1. The Kier molecular flexibility index (Phi) is 7.94. The van der Waals surface area contributed by atoms with Gasteiger partial charge in [0.1, 0.15) is 23.0 Å². The van der Waals surface area contributed by atoms with Crippen LogP contribution in [-0.4, -0.2) is 40.5 Å². The lowest BCUT2D eigenvalue weighted by atomic mass is 9.86. The van der Waals surface area contributed by atoms with E-state index in [0.717, 1.165) is 26.1 Å². The van der Waals surface area contributed by atoms with Gasteiger partial charge in [0, 0.05) is 19.6 Å². The van der Waals surface area contributed by atoms with Crippen LogP contribution in [0.1, 0.15) is 52.0 Å². The number of fused-ring (bicyclic) bond motifs is 1. The minimum absolute atomic E-state index is 0.00111. The van der Waals surface area contributed by atoms with Gasteiger partial charge in [-0.25, -0.2) is 4.79 Å². The predicted octanol–water partition coefficient (Wildman–Crippen LogP) is 4.47. The van der Waals surface area contributed by atoms with Crippen molar-refractivity contribution in [3.63, 3.8) is 0 Å². The first-order chi connectivity index (χ1) is 17.7. The number of nitriles is 1. The van der Waals surface area contributed by atoms with Crippen molar-refractivity contribution in [2.75, 3.05) is 18.4 Å². The maximum absolute atomic E-state index is 13.6. The number of anilines is 1. The highest BCUT2D eigenvalue weighted by molar-refractivity contribution is 5.91. The smallest absolute Gasteiger partial charge is 0.408 e. The van der Waals surface area contributed by atoms with Crippen LogP contribution in [-0.2, 0) is 11.3 Å². The molecule has 0 aliphatic carbocycles. The molecule has 1 unspecified atom stereocenters. The first kappa shape index (κ1) is 26.4. The highest BCUT2D eigenvalue weighted by atomic mass is 16.4. The average Bonchev–Trinajstić information content (AvgIpc) is 2.87. The molecule has 0 spiro atoms. The molecule has 1 aliphatic heterocycles. The van der Waals surface area contributed by atoms with E-state index in [9.17, 15) is 14.9 Å². The SMILES string of the molecule is CC(C)(C)CCC(Nc1nc(=O)oc2ccccc12)C(=O)NC1(C#N)CCN(Cc2ccccc2)CC1. The van der Waals surface area contributed by atoms with Crippen LogP contribution in [0, 0.1) is 16.7 Å². The van der Waals surface area contributed by atoms with E-state index in [1.165, 1.54) is 5.56 Å². The highest BCUT2D eigenvalue weighted by Gasteiger charge is 2.38. The van der Waals surface area contributed by atoms with Crippen molar-refractivity contribution in [2.45, 2.75) is 64.6 Å². The van der Waals surface area contributed by atoms with E-state index in [2.05, 4.69) is 59.5 Å². The van der Waals surface area contributed by atoms with E-state index in [1.54, 1.807) is 18.2 Å². The summed E-state index contributed by atoms with van der Waals surface area (Å²) in [5, 5.41) is 17.0. The summed E-state index contributed by atoms with van der Waals surface area (Å²) in [6.45, 7) is 8.61. The largest absolute Gasteiger partial charge is 0.441 e. The van der Waals surface area contributed by atoms with Crippen LogP contribution in [0.3, 0.4) is 0 Å². The van der Waals surface area contributed by atoms with Crippen molar-refractivity contribution in [2.24, 2.45) is 5.41 Å². The molecule has 1 amide bonds. The standard InChI is InChI=1S/C29H35N5O3/c1-28(2,3)14-13-23(31-25-22-11-7-8-12-24(22)37-27(36)32-25)26(35)33-29(20-30)15-17-34(18-16-29)19-21-9-5-4-6-10-21/h4-12,23H,13-19H2,1-3H3,(H,33,35)(H,31,32,36). The normalized spacial score (nSPS) is 16.6. The van der Waals surface area contributed by atoms with E-state index in [4.69, 9.17) is 4.42 Å². The lowest BCUT2D eigenvalue weighted by Crippen LogP contribution is -2.57. The fourth-order valence-corrected chi connectivity index (χ4v) is 4.66. The van der Waals surface area contributed by atoms with Crippen LogP contribution in [0.5, 0.6) is 0 Å². The number of aromatic nitrogens is 1. The van der Waals surface area contributed by atoms with Crippen molar-refractivity contribution in [3.8, 4) is 6.07 Å². The van der Waals surface area contributed by atoms with Gasteiger partial charge in [0.05, 0.1) is 11.5 Å². The number of nitrogens with one attached hydrogen (secondary N) is 2. The van der Waals surface area contributed by atoms with Crippen LogP contribution < -0.4 is 16.4 Å². The fourth-order valence-electron chi connectivity index (χ4n) is 4.66. The summed E-state index contributed by atoms with van der Waals surface area (Å²) < 4.78 is 5.21. The van der Waals surface area contributed by atoms with Gasteiger partial charge in [-0.15, -0.1) is 0 Å². The number of hydrogen-bond donors (Lipinski definition) is 2. The molecule has 2 heterocycles. The Bertz CT molecular complexity index is 1320. The molecule has 2 aromatic carbocycles. The number of rotatable bonds is 8. The Morgan fingerprint density at radius 1 is 1.14 bits per heavy atom. The first-order valence-corrected chi connectivity index (χ1v) is 12.8. The number of nitrogens with zero attached hydrogens (tertiary/aromatic N) is 3. The van der Waals surface area contributed by atoms with E-state index in [0.29, 0.717) is 36.0 Å². The number of carbonyl (C=O) groups excluding carboxylic acids is 1. The van der Waals surface area contributed by atoms with Gasteiger partial charge in [0.15, 0.2) is 0 Å². The van der Waals surface area contributed by atoms with Crippen LogP contribution in [0.15, 0.2) is 63.8 Å². The van der Waals surface area contributed by atoms with Crippen molar-refractivity contribution in [1.82, 2.24) is 15.2 Å². The third kappa shape index (κ3) is 6.95. The summed E-state index contributed by atoms with van der Waals surface area (Å²) in [5.74, 6) is -0.679. The van der Waals surface area contributed by atoms with E-state index in [1.807, 2.05) is 24.3 Å². The van der Waals surface area contributed by atoms with Crippen molar-refractivity contribution < 1.29 is 9.21 Å². The topological polar surface area (TPSA) is 111 Å². The average molecular weight is 502 g/mol. The molecule has 3 aromatic rings. The molecule has 37 heavy (non-hydrogen) atoms. The minimum atomic E-state index is -0.933. The van der Waals surface area contributed by atoms with E-state index >= 15 is 0 Å². The zero-order valence-corrected chi connectivity index (χ0v) is 21.8. The molecule has 8 nitrogen and oxygen atoms in total. The molecule has 2 N–H and O–H groups in total. The molecule has 1 aromatic heterocycles. The third-order valence-electron chi connectivity index (χ3n) is 6.89. The molecule has 4 rings (SSSR count). The Morgan fingerprint density at radius 3 is 2.49 bits per heavy atom. The lowest BCUT2D eigenvalue weighted by molar-refractivity contribution is -0.124. The van der Waals surface area contributed by atoms with Gasteiger partial charge in [-0.05, 0) is 48.8 Å². The first-order valence-electron chi connectivity index (χ1n) is 12.8. The van der Waals surface area contributed by atoms with Crippen molar-refractivity contribution in [1.29, 1.82) is 5.26 Å². The summed E-state index contributed by atoms with van der Waals surface area (Å²) in [6.07, 6.45) is 2.38. The molecule has 0 saturated carbocycles. The number of hydrogen-bond acceptors (Lipinski definition) is 7. The lowest BCUT2D eigenvalue weighted by Gasteiger charge is -2.38. The molecule has 1 atom stereocenters. The summed E-state index contributed by atoms with van der Waals surface area (Å²) >= 11 is 0. The fraction of sp³-hybridized carbons (Fsp3) is 0.448. The molecule has 1 saturated heterocycles. The zero-order chi connectivity index (χ0) is 26.5. The highest BCUT2D eigenvalue weighted by Crippen LogP contribution is 2.27. The Morgan fingerprint density at radius 2 is 1.81 bits per heavy atom. The summed E-state index contributed by atoms with van der Waals surface area (Å²) in [7, 11) is 0. The molecular formula is C29H35N5O3. The molecule has 1 aliphatic rings. The molecule has 0 bridgehead atoms. The number of benzene rings is 2. The van der Waals surface area contributed by atoms with Crippen LogP contribution in [0.25, 0.3) is 11.0 Å². The van der Waals surface area contributed by atoms with Gasteiger partial charge in [-0.2, -0.15) is 10.2 Å². The van der Waals surface area contributed by atoms with Gasteiger partial charge < -0.3 is 15.1 Å². The third-order valence-corrected chi connectivity index (χ3v) is 6.89. The van der Waals surface area contributed by atoms with Crippen LogP contribution in [0.2, 0.25) is 0 Å². The number of amides is 1. The number of likely N-dealkylation sites (tertiary alicyclic amines) is 1. The summed E-state index contributed by atoms with van der Waals surface area (Å²) in [4.78, 5) is 32.0. The second kappa shape index (κ2) is 11.1. The molecule has 0 radical (unpaired) electrons. The van der Waals surface area contributed by atoms with Gasteiger partial charge >= 0.3 is 5.76 Å². The van der Waals surface area contributed by atoms with Gasteiger partial charge in [-0.1, -0.05) is 63.2 Å².